The predicted molar refractivity (Wildman–Crippen MR) is 86.0 cm³/mol. The van der Waals surface area contributed by atoms with Gasteiger partial charge in [-0.15, -0.1) is 5.10 Å². The number of unbranched alkanes of at least 4 members (excludes halogenated alkanes) is 2. The van der Waals surface area contributed by atoms with Crippen molar-refractivity contribution in [3.63, 3.8) is 0 Å². The van der Waals surface area contributed by atoms with E-state index in [0.29, 0.717) is 19.0 Å². The molecule has 21 heavy (non-hydrogen) atoms. The highest BCUT2D eigenvalue weighted by Crippen LogP contribution is 2.28. The molecule has 6 nitrogen and oxygen atoms in total. The van der Waals surface area contributed by atoms with Crippen molar-refractivity contribution in [1.29, 1.82) is 0 Å². The third kappa shape index (κ3) is 6.65. The molecule has 0 radical (unpaired) electrons. The van der Waals surface area contributed by atoms with Crippen LogP contribution in [-0.4, -0.2) is 25.4 Å². The van der Waals surface area contributed by atoms with Gasteiger partial charge in [0.1, 0.15) is 0 Å². The van der Waals surface area contributed by atoms with Crippen LogP contribution in [0, 0.1) is 0 Å². The van der Waals surface area contributed by atoms with E-state index >= 15 is 0 Å². The van der Waals surface area contributed by atoms with Crippen LogP contribution in [0.4, 0.5) is 0 Å². The van der Waals surface area contributed by atoms with Crippen LogP contribution in [0.5, 0.6) is 11.5 Å². The maximum absolute atomic E-state index is 5.75. The lowest BCUT2D eigenvalue weighted by molar-refractivity contribution is 0.271. The zero-order valence-corrected chi connectivity index (χ0v) is 12.7. The normalized spacial score (nSPS) is 10.6. The second kappa shape index (κ2) is 9.63. The van der Waals surface area contributed by atoms with E-state index in [1.165, 1.54) is 6.42 Å². The van der Waals surface area contributed by atoms with Crippen LogP contribution in [0.3, 0.4) is 0 Å². The molecule has 4 N–H and O–H groups in total. The van der Waals surface area contributed by atoms with Crippen LogP contribution in [0.2, 0.25) is 0 Å². The Labute approximate surface area is 125 Å². The second-order valence-corrected chi connectivity index (χ2v) is 4.46. The maximum Gasteiger partial charge on any atom is 0.211 e. The van der Waals surface area contributed by atoms with Gasteiger partial charge in [0, 0.05) is 0 Å². The number of hydrogen-bond acceptors (Lipinski definition) is 4. The molecule has 0 atom stereocenters. The first-order chi connectivity index (χ1) is 10.2. The molecule has 0 amide bonds. The Morgan fingerprint density at radius 1 is 1.14 bits per heavy atom. The predicted octanol–water partition coefficient (Wildman–Crippen LogP) is 2.26. The average Bonchev–Trinajstić information content (AvgIpc) is 2.45. The molecule has 6 heteroatoms. The minimum Gasteiger partial charge on any atom is -0.490 e. The highest BCUT2D eigenvalue weighted by Gasteiger charge is 2.05. The zero-order valence-electron chi connectivity index (χ0n) is 12.7. The topological polar surface area (TPSA) is 95.2 Å². The van der Waals surface area contributed by atoms with Gasteiger partial charge in [0.2, 0.25) is 5.96 Å². The lowest BCUT2D eigenvalue weighted by Crippen LogP contribution is -2.21. The Bertz CT molecular complexity index is 483. The minimum atomic E-state index is -0.0767. The number of nitrogens with two attached hydrogens (primary N) is 2. The molecule has 0 spiro atoms. The molecular weight excluding hydrogens is 268 g/mol. The SMILES string of the molecule is CCCCCOc1ccc(/C=N/N=C(N)N)cc1OCC. The maximum atomic E-state index is 5.75. The van der Waals surface area contributed by atoms with Crippen LogP contribution in [-0.2, 0) is 0 Å². The van der Waals surface area contributed by atoms with Crippen molar-refractivity contribution < 1.29 is 9.47 Å². The smallest absolute Gasteiger partial charge is 0.211 e. The number of nitrogens with zero attached hydrogens (tertiary/aromatic N) is 2. The van der Waals surface area contributed by atoms with E-state index in [0.717, 1.165) is 24.2 Å². The van der Waals surface area contributed by atoms with Crippen LogP contribution in [0.1, 0.15) is 38.7 Å². The number of guanidine groups is 1. The van der Waals surface area contributed by atoms with E-state index in [2.05, 4.69) is 17.1 Å². The summed E-state index contributed by atoms with van der Waals surface area (Å²) in [5.74, 6) is 1.36. The van der Waals surface area contributed by atoms with Gasteiger partial charge in [0.25, 0.3) is 0 Å². The van der Waals surface area contributed by atoms with E-state index in [9.17, 15) is 0 Å². The van der Waals surface area contributed by atoms with Gasteiger partial charge in [-0.1, -0.05) is 19.8 Å². The van der Waals surface area contributed by atoms with E-state index in [1.54, 1.807) is 6.21 Å². The summed E-state index contributed by atoms with van der Waals surface area (Å²) >= 11 is 0. The van der Waals surface area contributed by atoms with E-state index in [4.69, 9.17) is 20.9 Å². The van der Waals surface area contributed by atoms with E-state index in [-0.39, 0.29) is 5.96 Å². The van der Waals surface area contributed by atoms with Crippen molar-refractivity contribution >= 4 is 12.2 Å². The minimum absolute atomic E-state index is 0.0767. The molecule has 1 aromatic rings. The highest BCUT2D eigenvalue weighted by atomic mass is 16.5. The van der Waals surface area contributed by atoms with Gasteiger partial charge in [-0.05, 0) is 37.1 Å². The standard InChI is InChI=1S/C15H24N4O2/c1-3-5-6-9-21-13-8-7-12(10-14(13)20-4-2)11-18-19-15(16)17/h7-8,10-11H,3-6,9H2,1-2H3,(H4,16,17,19)/b18-11+. The van der Waals surface area contributed by atoms with Crippen LogP contribution in [0.25, 0.3) is 0 Å². The summed E-state index contributed by atoms with van der Waals surface area (Å²) in [6.45, 7) is 5.35. The van der Waals surface area contributed by atoms with E-state index in [1.807, 2.05) is 25.1 Å². The van der Waals surface area contributed by atoms with Crippen molar-refractivity contribution in [3.8, 4) is 11.5 Å². The Balaban J connectivity index is 2.76. The van der Waals surface area contributed by atoms with Gasteiger partial charge in [-0.3, -0.25) is 0 Å². The lowest BCUT2D eigenvalue weighted by atomic mass is 10.2. The lowest BCUT2D eigenvalue weighted by Gasteiger charge is -2.12. The Morgan fingerprint density at radius 2 is 1.95 bits per heavy atom. The summed E-state index contributed by atoms with van der Waals surface area (Å²) in [4.78, 5) is 0. The first-order valence-corrected chi connectivity index (χ1v) is 7.19. The van der Waals surface area contributed by atoms with Crippen LogP contribution in [0.15, 0.2) is 28.4 Å². The van der Waals surface area contributed by atoms with Gasteiger partial charge < -0.3 is 20.9 Å². The largest absolute Gasteiger partial charge is 0.490 e. The third-order valence-corrected chi connectivity index (χ3v) is 2.65. The van der Waals surface area contributed by atoms with Crippen LogP contribution >= 0.6 is 0 Å². The van der Waals surface area contributed by atoms with Gasteiger partial charge in [0.15, 0.2) is 11.5 Å². The molecule has 0 fully saturated rings. The van der Waals surface area contributed by atoms with Crippen molar-refractivity contribution in [3.05, 3.63) is 23.8 Å². The van der Waals surface area contributed by atoms with E-state index < -0.39 is 0 Å². The molecule has 1 rings (SSSR count). The molecule has 0 unspecified atom stereocenters. The molecule has 0 aliphatic carbocycles. The molecule has 0 aromatic heterocycles. The fourth-order valence-corrected chi connectivity index (χ4v) is 1.69. The van der Waals surface area contributed by atoms with Crippen molar-refractivity contribution in [2.24, 2.45) is 21.7 Å². The molecular formula is C15H24N4O2. The Hall–Kier alpha value is -2.24. The highest BCUT2D eigenvalue weighted by molar-refractivity contribution is 5.82. The second-order valence-electron chi connectivity index (χ2n) is 4.46. The third-order valence-electron chi connectivity index (χ3n) is 2.65. The van der Waals surface area contributed by atoms with Gasteiger partial charge in [0.05, 0.1) is 19.4 Å². The molecule has 0 saturated heterocycles. The zero-order chi connectivity index (χ0) is 15.5. The van der Waals surface area contributed by atoms with Crippen molar-refractivity contribution in [2.45, 2.75) is 33.1 Å². The summed E-state index contributed by atoms with van der Waals surface area (Å²) in [6, 6.07) is 5.60. The van der Waals surface area contributed by atoms with Gasteiger partial charge in [-0.2, -0.15) is 5.10 Å². The molecule has 0 heterocycles. The molecule has 0 aliphatic heterocycles. The summed E-state index contributed by atoms with van der Waals surface area (Å²) in [5.41, 5.74) is 11.3. The number of hydrogen-bond donors (Lipinski definition) is 2. The molecule has 116 valence electrons. The fraction of sp³-hybridized carbons (Fsp3) is 0.467. The monoisotopic (exact) mass is 292 g/mol. The number of ether oxygens (including phenoxy) is 2. The summed E-state index contributed by atoms with van der Waals surface area (Å²) in [6.07, 6.45) is 4.92. The quantitative estimate of drug-likeness (QED) is 0.316. The van der Waals surface area contributed by atoms with Crippen molar-refractivity contribution in [2.75, 3.05) is 13.2 Å². The van der Waals surface area contributed by atoms with Gasteiger partial charge in [-0.25, -0.2) is 0 Å². The molecule has 0 saturated carbocycles. The van der Waals surface area contributed by atoms with Crippen LogP contribution < -0.4 is 20.9 Å². The summed E-state index contributed by atoms with van der Waals surface area (Å²) < 4.78 is 11.3. The molecule has 0 aliphatic rings. The molecule has 0 bridgehead atoms. The van der Waals surface area contributed by atoms with Gasteiger partial charge >= 0.3 is 0 Å². The Morgan fingerprint density at radius 3 is 2.62 bits per heavy atom. The molecule has 1 aromatic carbocycles. The first-order valence-electron chi connectivity index (χ1n) is 7.19. The Kier molecular flexibility index (Phi) is 7.71. The fourth-order valence-electron chi connectivity index (χ4n) is 1.69. The summed E-state index contributed by atoms with van der Waals surface area (Å²) in [7, 11) is 0. The summed E-state index contributed by atoms with van der Waals surface area (Å²) in [5, 5.41) is 7.33. The van der Waals surface area contributed by atoms with Crippen molar-refractivity contribution in [1.82, 2.24) is 0 Å². The average molecular weight is 292 g/mol. The number of benzene rings is 1. The number of rotatable bonds is 9. The first kappa shape index (κ1) is 16.8.